The minimum atomic E-state index is -4.84. The van der Waals surface area contributed by atoms with Gasteiger partial charge < -0.3 is 24.4 Å². The number of hydrogen-bond donors (Lipinski definition) is 1. The summed E-state index contributed by atoms with van der Waals surface area (Å²) in [5.74, 6) is -1.26. The summed E-state index contributed by atoms with van der Waals surface area (Å²) in [7, 11) is 1.52. The summed E-state index contributed by atoms with van der Waals surface area (Å²) in [6.45, 7) is 1.91. The van der Waals surface area contributed by atoms with Crippen molar-refractivity contribution in [2.24, 2.45) is 0 Å². The van der Waals surface area contributed by atoms with Crippen molar-refractivity contribution in [2.75, 3.05) is 23.9 Å². The third-order valence-electron chi connectivity index (χ3n) is 6.22. The Morgan fingerprint density at radius 2 is 1.57 bits per heavy atom. The second-order valence-electron chi connectivity index (χ2n) is 9.04. The van der Waals surface area contributed by atoms with Gasteiger partial charge in [-0.05, 0) is 85.4 Å². The molecule has 220 valence electrons. The highest BCUT2D eigenvalue weighted by Crippen LogP contribution is 2.30. The Hall–Kier alpha value is -4.65. The van der Waals surface area contributed by atoms with Crippen molar-refractivity contribution in [3.05, 3.63) is 83.9 Å². The highest BCUT2D eigenvalue weighted by Gasteiger charge is 2.44. The zero-order valence-electron chi connectivity index (χ0n) is 22.5. The molecule has 3 aromatic carbocycles. The monoisotopic (exact) mass is 601 g/mol. The number of anilines is 2. The number of carbonyl (C=O) groups excluding carboxylic acids is 3. The molecule has 1 saturated heterocycles. The van der Waals surface area contributed by atoms with E-state index in [1.807, 2.05) is 0 Å². The van der Waals surface area contributed by atoms with Gasteiger partial charge in [-0.2, -0.15) is 0 Å². The lowest BCUT2D eigenvalue weighted by molar-refractivity contribution is -0.274. The Morgan fingerprint density at radius 1 is 0.952 bits per heavy atom. The van der Waals surface area contributed by atoms with Gasteiger partial charge in [0.25, 0.3) is 5.91 Å². The van der Waals surface area contributed by atoms with E-state index >= 15 is 0 Å². The highest BCUT2D eigenvalue weighted by atomic mass is 32.1. The summed E-state index contributed by atoms with van der Waals surface area (Å²) in [6, 6.07) is 16.8. The molecular formula is C29H26F3N3O6S. The molecule has 0 bridgehead atoms. The fourth-order valence-electron chi connectivity index (χ4n) is 4.27. The fraction of sp³-hybridized carbons (Fsp3) is 0.241. The average Bonchev–Trinajstić information content (AvgIpc) is 3.17. The van der Waals surface area contributed by atoms with Crippen LogP contribution in [0.4, 0.5) is 24.5 Å². The maximum Gasteiger partial charge on any atom is 0.573 e. The summed E-state index contributed by atoms with van der Waals surface area (Å²) in [6.07, 6.45) is -5.10. The fourth-order valence-corrected chi connectivity index (χ4v) is 4.65. The molecule has 0 unspecified atom stereocenters. The Bertz CT molecular complexity index is 1450. The quantitative estimate of drug-likeness (QED) is 0.247. The van der Waals surface area contributed by atoms with Crippen LogP contribution in [0.1, 0.15) is 29.3 Å². The minimum absolute atomic E-state index is 0.0226. The summed E-state index contributed by atoms with van der Waals surface area (Å²) >= 11 is 5.65. The van der Waals surface area contributed by atoms with E-state index in [4.69, 9.17) is 21.7 Å². The third kappa shape index (κ3) is 7.35. The van der Waals surface area contributed by atoms with Crippen LogP contribution in [0.2, 0.25) is 0 Å². The second kappa shape index (κ2) is 12.9. The maximum atomic E-state index is 13.7. The van der Waals surface area contributed by atoms with Crippen molar-refractivity contribution in [1.29, 1.82) is 0 Å². The van der Waals surface area contributed by atoms with Gasteiger partial charge in [-0.3, -0.25) is 14.5 Å². The molecular weight excluding hydrogens is 575 g/mol. The number of nitrogens with zero attached hydrogens (tertiary/aromatic N) is 2. The Kier molecular flexibility index (Phi) is 9.31. The van der Waals surface area contributed by atoms with Gasteiger partial charge in [-0.1, -0.05) is 12.1 Å². The largest absolute Gasteiger partial charge is 0.573 e. The number of halogens is 3. The summed E-state index contributed by atoms with van der Waals surface area (Å²) in [5.41, 5.74) is 1.67. The zero-order chi connectivity index (χ0) is 30.4. The Balaban J connectivity index is 1.58. The van der Waals surface area contributed by atoms with Crippen LogP contribution in [-0.2, 0) is 20.9 Å². The summed E-state index contributed by atoms with van der Waals surface area (Å²) < 4.78 is 51.8. The van der Waals surface area contributed by atoms with Crippen molar-refractivity contribution < 1.29 is 41.8 Å². The maximum absolute atomic E-state index is 13.7. The normalized spacial score (nSPS) is 15.0. The molecule has 0 spiro atoms. The molecule has 2 amide bonds. The van der Waals surface area contributed by atoms with Crippen molar-refractivity contribution >= 4 is 46.5 Å². The van der Waals surface area contributed by atoms with Gasteiger partial charge in [0.1, 0.15) is 17.5 Å². The second-order valence-corrected chi connectivity index (χ2v) is 9.40. The van der Waals surface area contributed by atoms with Crippen LogP contribution in [-0.4, -0.2) is 53.9 Å². The van der Waals surface area contributed by atoms with Crippen LogP contribution in [0.5, 0.6) is 11.5 Å². The van der Waals surface area contributed by atoms with E-state index in [0.29, 0.717) is 22.7 Å². The summed E-state index contributed by atoms with van der Waals surface area (Å²) in [5, 5.41) is 2.83. The topological polar surface area (TPSA) is 97.4 Å². The number of ether oxygens (including phenoxy) is 3. The standard InChI is InChI=1S/C29H26F3N3O6S/c1-3-40-27(38)19-6-10-21(11-7-19)35-26(37)24(16-25(36)33-20-8-14-22(39-2)15-9-20)34(28(35)42)17-18-4-12-23(13-5-18)41-29(30,31)32/h4-15,24H,3,16-17H2,1-2H3,(H,33,36)/t24-/m1/s1. The molecule has 0 aromatic heterocycles. The number of nitrogens with one attached hydrogen (secondary N) is 1. The first kappa shape index (κ1) is 30.3. The highest BCUT2D eigenvalue weighted by molar-refractivity contribution is 7.80. The first-order chi connectivity index (χ1) is 20.0. The number of benzene rings is 3. The van der Waals surface area contributed by atoms with E-state index in [1.165, 1.54) is 53.3 Å². The first-order valence-electron chi connectivity index (χ1n) is 12.7. The number of amides is 2. The smallest absolute Gasteiger partial charge is 0.497 e. The SMILES string of the molecule is CCOC(=O)c1ccc(N2C(=O)[C@@H](CC(=O)Nc3ccc(OC)cc3)N(Cc3ccc(OC(F)(F)F)cc3)C2=S)cc1. The molecule has 1 aliphatic heterocycles. The number of methoxy groups -OCH3 is 1. The lowest BCUT2D eigenvalue weighted by atomic mass is 10.1. The van der Waals surface area contributed by atoms with Crippen molar-refractivity contribution in [2.45, 2.75) is 32.3 Å². The minimum Gasteiger partial charge on any atom is -0.497 e. The van der Waals surface area contributed by atoms with Crippen LogP contribution >= 0.6 is 12.2 Å². The van der Waals surface area contributed by atoms with E-state index in [2.05, 4.69) is 10.1 Å². The van der Waals surface area contributed by atoms with E-state index in [-0.39, 0.29) is 30.2 Å². The molecule has 0 radical (unpaired) electrons. The molecule has 0 saturated carbocycles. The number of esters is 1. The van der Waals surface area contributed by atoms with E-state index in [1.54, 1.807) is 31.2 Å². The number of thiocarbonyl (C=S) groups is 1. The van der Waals surface area contributed by atoms with Gasteiger partial charge in [-0.15, -0.1) is 13.2 Å². The molecule has 4 rings (SSSR count). The van der Waals surface area contributed by atoms with Crippen LogP contribution in [0, 0.1) is 0 Å². The van der Waals surface area contributed by atoms with Crippen molar-refractivity contribution in [3.63, 3.8) is 0 Å². The average molecular weight is 602 g/mol. The van der Waals surface area contributed by atoms with E-state index in [9.17, 15) is 27.6 Å². The zero-order valence-corrected chi connectivity index (χ0v) is 23.3. The molecule has 1 fully saturated rings. The van der Waals surface area contributed by atoms with Crippen molar-refractivity contribution in [3.8, 4) is 11.5 Å². The third-order valence-corrected chi connectivity index (χ3v) is 6.63. The Morgan fingerprint density at radius 3 is 2.14 bits per heavy atom. The van der Waals surface area contributed by atoms with Crippen LogP contribution in [0.3, 0.4) is 0 Å². The summed E-state index contributed by atoms with van der Waals surface area (Å²) in [4.78, 5) is 41.6. The predicted molar refractivity (Wildman–Crippen MR) is 151 cm³/mol. The van der Waals surface area contributed by atoms with Gasteiger partial charge in [0.05, 0.1) is 31.4 Å². The van der Waals surface area contributed by atoms with E-state index in [0.717, 1.165) is 12.1 Å². The molecule has 0 aliphatic carbocycles. The first-order valence-corrected chi connectivity index (χ1v) is 13.1. The number of hydrogen-bond acceptors (Lipinski definition) is 7. The molecule has 1 N–H and O–H groups in total. The molecule has 13 heteroatoms. The number of alkyl halides is 3. The molecule has 1 aliphatic rings. The lowest BCUT2D eigenvalue weighted by Crippen LogP contribution is -2.37. The van der Waals surface area contributed by atoms with Gasteiger partial charge in [0.2, 0.25) is 5.91 Å². The molecule has 3 aromatic rings. The van der Waals surface area contributed by atoms with Crippen LogP contribution in [0.25, 0.3) is 0 Å². The lowest BCUT2D eigenvalue weighted by Gasteiger charge is -2.24. The molecule has 9 nitrogen and oxygen atoms in total. The van der Waals surface area contributed by atoms with Crippen LogP contribution < -0.4 is 19.7 Å². The van der Waals surface area contributed by atoms with Gasteiger partial charge in [0.15, 0.2) is 5.11 Å². The van der Waals surface area contributed by atoms with Crippen LogP contribution in [0.15, 0.2) is 72.8 Å². The predicted octanol–water partition coefficient (Wildman–Crippen LogP) is 5.30. The van der Waals surface area contributed by atoms with Gasteiger partial charge in [-0.25, -0.2) is 4.79 Å². The van der Waals surface area contributed by atoms with Gasteiger partial charge in [0, 0.05) is 12.2 Å². The van der Waals surface area contributed by atoms with E-state index < -0.39 is 35.9 Å². The van der Waals surface area contributed by atoms with Gasteiger partial charge >= 0.3 is 12.3 Å². The molecule has 1 heterocycles. The number of rotatable bonds is 10. The molecule has 1 atom stereocenters. The molecule has 42 heavy (non-hydrogen) atoms. The Labute approximate surface area is 244 Å². The number of carbonyl (C=O) groups is 3. The van der Waals surface area contributed by atoms with Crippen molar-refractivity contribution in [1.82, 2.24) is 4.90 Å².